The lowest BCUT2D eigenvalue weighted by atomic mass is 10.0. The van der Waals surface area contributed by atoms with Gasteiger partial charge < -0.3 is 0 Å². The van der Waals surface area contributed by atoms with Crippen LogP contribution in [0.3, 0.4) is 0 Å². The van der Waals surface area contributed by atoms with Gasteiger partial charge in [0.15, 0.2) is 0 Å². The van der Waals surface area contributed by atoms with E-state index < -0.39 is 47.4 Å². The van der Waals surface area contributed by atoms with E-state index in [1.165, 1.54) is 18.2 Å². The van der Waals surface area contributed by atoms with E-state index in [4.69, 9.17) is 0 Å². The highest BCUT2D eigenvalue weighted by molar-refractivity contribution is 7.16. The molecule has 3 aromatic rings. The molecular weight excluding hydrogens is 478 g/mol. The maximum atomic E-state index is 11.8. The molecule has 34 heavy (non-hydrogen) atoms. The zero-order valence-corrected chi connectivity index (χ0v) is 17.1. The summed E-state index contributed by atoms with van der Waals surface area (Å²) in [7, 11) is 0. The number of nitro groups is 5. The Hall–Kier alpha value is -5.12. The third-order valence-electron chi connectivity index (χ3n) is 4.93. The molecule has 0 saturated heterocycles. The Morgan fingerprint density at radius 3 is 1.44 bits per heavy atom. The van der Waals surface area contributed by atoms with Gasteiger partial charge in [0.2, 0.25) is 0 Å². The topological polar surface area (TPSA) is 216 Å². The summed E-state index contributed by atoms with van der Waals surface area (Å²) in [5, 5.41) is 57.1. The van der Waals surface area contributed by atoms with Crippen LogP contribution < -0.4 is 0 Å². The number of rotatable bonds is 6. The van der Waals surface area contributed by atoms with Crippen molar-refractivity contribution in [2.24, 2.45) is 0 Å². The molecule has 1 aliphatic carbocycles. The number of fused-ring (bicyclic) bond motifs is 3. The molecule has 0 unspecified atom stereocenters. The van der Waals surface area contributed by atoms with Gasteiger partial charge in [-0.25, -0.2) is 0 Å². The fourth-order valence-electron chi connectivity index (χ4n) is 3.63. The van der Waals surface area contributed by atoms with Crippen molar-refractivity contribution >= 4 is 50.7 Å². The summed E-state index contributed by atoms with van der Waals surface area (Å²) >= 11 is 0.708. The molecule has 0 aliphatic heterocycles. The van der Waals surface area contributed by atoms with Crippen LogP contribution in [0.15, 0.2) is 36.4 Å². The summed E-state index contributed by atoms with van der Waals surface area (Å²) in [5.41, 5.74) is -3.91. The molecule has 0 radical (unpaired) electrons. The van der Waals surface area contributed by atoms with Crippen LogP contribution in [0.1, 0.15) is 16.0 Å². The summed E-state index contributed by atoms with van der Waals surface area (Å²) in [6, 6.07) is 5.74. The van der Waals surface area contributed by atoms with Crippen LogP contribution in [-0.4, -0.2) is 24.6 Å². The fraction of sp³-hybridized carbons (Fsp3) is 0. The molecule has 1 heterocycles. The monoisotopic (exact) mass is 485 g/mol. The van der Waals surface area contributed by atoms with E-state index >= 15 is 0 Å². The third kappa shape index (κ3) is 3.48. The highest BCUT2D eigenvalue weighted by atomic mass is 32.1. The number of thiophene rings is 1. The quantitative estimate of drug-likeness (QED) is 0.267. The first-order valence-corrected chi connectivity index (χ1v) is 9.72. The number of benzene rings is 2. The second kappa shape index (κ2) is 7.78. The number of hydrogen-bond acceptors (Lipinski definition) is 11. The van der Waals surface area contributed by atoms with Crippen LogP contribution in [0.2, 0.25) is 0 Å². The van der Waals surface area contributed by atoms with Crippen LogP contribution in [0.25, 0.3) is 22.8 Å². The molecule has 16 heteroatoms. The molecule has 4 rings (SSSR count). The van der Waals surface area contributed by atoms with Gasteiger partial charge in [0.05, 0.1) is 47.9 Å². The summed E-state index contributed by atoms with van der Waals surface area (Å²) < 4.78 is 0. The Kier molecular flexibility index (Phi) is 5.06. The molecule has 1 aromatic heterocycles. The van der Waals surface area contributed by atoms with Crippen molar-refractivity contribution in [1.29, 1.82) is 0 Å². The summed E-state index contributed by atoms with van der Waals surface area (Å²) in [6.45, 7) is 0. The Bertz CT molecular complexity index is 1430. The largest absolute Gasteiger partial charge is 0.324 e. The van der Waals surface area contributed by atoms with Crippen molar-refractivity contribution in [3.63, 3.8) is 0 Å². The minimum atomic E-state index is -0.945. The average molecular weight is 485 g/mol. The Balaban J connectivity index is 2.16. The van der Waals surface area contributed by atoms with Crippen molar-refractivity contribution in [2.45, 2.75) is 0 Å². The van der Waals surface area contributed by atoms with E-state index in [0.29, 0.717) is 23.5 Å². The third-order valence-corrected chi connectivity index (χ3v) is 5.91. The fourth-order valence-corrected chi connectivity index (χ4v) is 4.40. The van der Waals surface area contributed by atoms with E-state index in [-0.39, 0.29) is 37.7 Å². The molecule has 0 amide bonds. The lowest BCUT2D eigenvalue weighted by molar-refractivity contribution is -0.395. The van der Waals surface area contributed by atoms with Gasteiger partial charge in [-0.2, -0.15) is 0 Å². The maximum absolute atomic E-state index is 11.8. The lowest BCUT2D eigenvalue weighted by Crippen LogP contribution is -1.99. The minimum absolute atomic E-state index is 0.0275. The molecule has 0 spiro atoms. The molecule has 0 N–H and O–H groups in total. The van der Waals surface area contributed by atoms with Gasteiger partial charge >= 0.3 is 5.00 Å². The number of hydrogen-bond donors (Lipinski definition) is 0. The van der Waals surface area contributed by atoms with Crippen LogP contribution in [-0.2, 0) is 0 Å². The summed E-state index contributed by atoms with van der Waals surface area (Å²) in [6.07, 6.45) is 1.28. The standard InChI is InChI=1S/C18H7N5O10S/c24-19(25)8-3-12-11(7-10-1-2-16(34-10)23(32)33)13-4-9(20(26)27)6-15(22(30)31)18(13)17(12)14(5-8)21(28)29/h1-7H. The highest BCUT2D eigenvalue weighted by Crippen LogP contribution is 2.55. The molecule has 170 valence electrons. The van der Waals surface area contributed by atoms with Crippen LogP contribution in [0, 0.1) is 50.6 Å². The van der Waals surface area contributed by atoms with E-state index in [2.05, 4.69) is 0 Å². The maximum Gasteiger partial charge on any atom is 0.324 e. The van der Waals surface area contributed by atoms with Gasteiger partial charge in [0.1, 0.15) is 0 Å². The zero-order valence-electron chi connectivity index (χ0n) is 16.3. The van der Waals surface area contributed by atoms with E-state index in [1.54, 1.807) is 0 Å². The van der Waals surface area contributed by atoms with Gasteiger partial charge in [-0.3, -0.25) is 50.6 Å². The van der Waals surface area contributed by atoms with E-state index in [0.717, 1.165) is 12.1 Å². The van der Waals surface area contributed by atoms with Crippen molar-refractivity contribution < 1.29 is 24.6 Å². The van der Waals surface area contributed by atoms with Crippen molar-refractivity contribution in [2.75, 3.05) is 0 Å². The zero-order chi connectivity index (χ0) is 24.9. The van der Waals surface area contributed by atoms with Crippen molar-refractivity contribution in [3.8, 4) is 11.1 Å². The van der Waals surface area contributed by atoms with Crippen molar-refractivity contribution in [1.82, 2.24) is 0 Å². The molecule has 0 atom stereocenters. The number of non-ortho nitro benzene ring substituents is 2. The second-order valence-corrected chi connectivity index (χ2v) is 7.89. The van der Waals surface area contributed by atoms with Gasteiger partial charge in [0, 0.05) is 34.2 Å². The lowest BCUT2D eigenvalue weighted by Gasteiger charge is -2.04. The highest BCUT2D eigenvalue weighted by Gasteiger charge is 2.40. The molecule has 1 aliphatic rings. The Labute approximate surface area is 189 Å². The van der Waals surface area contributed by atoms with Gasteiger partial charge in [-0.1, -0.05) is 11.3 Å². The molecular formula is C18H7N5O10S. The summed E-state index contributed by atoms with van der Waals surface area (Å²) in [5.74, 6) is 0. The Morgan fingerprint density at radius 2 is 1.09 bits per heavy atom. The first-order valence-electron chi connectivity index (χ1n) is 8.90. The van der Waals surface area contributed by atoms with Gasteiger partial charge in [0.25, 0.3) is 22.7 Å². The van der Waals surface area contributed by atoms with Gasteiger partial charge in [-0.15, -0.1) is 0 Å². The average Bonchev–Trinajstić information content (AvgIpc) is 3.36. The van der Waals surface area contributed by atoms with Crippen LogP contribution in [0.5, 0.6) is 0 Å². The number of nitro benzene ring substituents is 4. The molecule has 0 fully saturated rings. The molecule has 0 saturated carbocycles. The molecule has 0 bridgehead atoms. The Morgan fingerprint density at radius 1 is 0.618 bits per heavy atom. The van der Waals surface area contributed by atoms with Gasteiger partial charge in [-0.05, 0) is 17.7 Å². The molecule has 2 aromatic carbocycles. The van der Waals surface area contributed by atoms with E-state index in [1.807, 2.05) is 0 Å². The first kappa shape index (κ1) is 22.1. The minimum Gasteiger partial charge on any atom is -0.258 e. The SMILES string of the molecule is O=[N+]([O-])c1cc2c(c([N+](=O)[O-])c1)-c1c(cc([N+](=O)[O-])cc1[N+](=O)[O-])C2=Cc1ccc([N+](=O)[O-])s1. The normalized spacial score (nSPS) is 11.5. The summed E-state index contributed by atoms with van der Waals surface area (Å²) in [4.78, 5) is 53.3. The smallest absolute Gasteiger partial charge is 0.258 e. The first-order chi connectivity index (χ1) is 16.0. The second-order valence-electron chi connectivity index (χ2n) is 6.79. The van der Waals surface area contributed by atoms with E-state index in [9.17, 15) is 50.6 Å². The number of nitrogens with zero attached hydrogens (tertiary/aromatic N) is 5. The van der Waals surface area contributed by atoms with Crippen LogP contribution >= 0.6 is 11.3 Å². The molecule has 15 nitrogen and oxygen atoms in total. The van der Waals surface area contributed by atoms with Crippen molar-refractivity contribution in [3.05, 3.63) is 103 Å². The van der Waals surface area contributed by atoms with Crippen LogP contribution in [0.4, 0.5) is 27.8 Å². The predicted molar refractivity (Wildman–Crippen MR) is 116 cm³/mol. The predicted octanol–water partition coefficient (Wildman–Crippen LogP) is 4.86.